The Kier molecular flexibility index (Phi) is 3.89. The maximum atomic E-state index is 11.7. The first-order valence-corrected chi connectivity index (χ1v) is 7.19. The van der Waals surface area contributed by atoms with Gasteiger partial charge in [-0.2, -0.15) is 0 Å². The van der Waals surface area contributed by atoms with Crippen LogP contribution in [0, 0.1) is 0 Å². The summed E-state index contributed by atoms with van der Waals surface area (Å²) >= 11 is 0. The summed E-state index contributed by atoms with van der Waals surface area (Å²) in [5, 5.41) is 9.62. The fraction of sp³-hybridized carbons (Fsp3) is 0.471. The minimum Gasteiger partial charge on any atom is -0.480 e. The van der Waals surface area contributed by atoms with Crippen molar-refractivity contribution < 1.29 is 9.90 Å². The molecule has 1 aromatic rings. The van der Waals surface area contributed by atoms with Crippen LogP contribution in [-0.2, 0) is 4.79 Å². The third-order valence-corrected chi connectivity index (χ3v) is 3.94. The lowest BCUT2D eigenvalue weighted by Crippen LogP contribution is -2.54. The molecular weight excluding hydrogens is 250 g/mol. The fourth-order valence-electron chi connectivity index (χ4n) is 3.21. The zero-order valence-electron chi connectivity index (χ0n) is 12.7. The molecule has 3 heteroatoms. The van der Waals surface area contributed by atoms with E-state index < -0.39 is 12.0 Å². The largest absolute Gasteiger partial charge is 0.480 e. The van der Waals surface area contributed by atoms with E-state index in [9.17, 15) is 9.90 Å². The summed E-state index contributed by atoms with van der Waals surface area (Å²) in [5.74, 6) is -0.748. The Hall–Kier alpha value is -1.77. The number of anilines is 1. The number of aliphatic carboxylic acids is 1. The van der Waals surface area contributed by atoms with Crippen LogP contribution >= 0.6 is 0 Å². The second-order valence-corrected chi connectivity index (χ2v) is 6.01. The molecule has 0 aliphatic carbocycles. The van der Waals surface area contributed by atoms with Crippen molar-refractivity contribution in [1.29, 1.82) is 0 Å². The van der Waals surface area contributed by atoms with Crippen LogP contribution in [0.4, 0.5) is 5.69 Å². The zero-order chi connectivity index (χ0) is 14.9. The molecule has 0 spiro atoms. The predicted octanol–water partition coefficient (Wildman–Crippen LogP) is 3.94. The Morgan fingerprint density at radius 3 is 2.60 bits per heavy atom. The van der Waals surface area contributed by atoms with E-state index in [1.165, 1.54) is 5.57 Å². The fourth-order valence-corrected chi connectivity index (χ4v) is 3.21. The molecular formula is C17H23NO2. The Morgan fingerprint density at radius 1 is 1.35 bits per heavy atom. The van der Waals surface area contributed by atoms with Crippen molar-refractivity contribution in [3.63, 3.8) is 0 Å². The van der Waals surface area contributed by atoms with Crippen LogP contribution in [0.5, 0.6) is 0 Å². The van der Waals surface area contributed by atoms with Crippen LogP contribution in [0.25, 0.3) is 5.57 Å². The Morgan fingerprint density at radius 2 is 2.00 bits per heavy atom. The van der Waals surface area contributed by atoms with Crippen LogP contribution in [0.2, 0.25) is 0 Å². The molecule has 0 saturated carbocycles. The second-order valence-electron chi connectivity index (χ2n) is 6.01. The number of hydrogen-bond acceptors (Lipinski definition) is 2. The standard InChI is InChI=1S/C17H23NO2/c1-5-8-15(16(19)20)18-14-10-7-6-9-13(14)12(2)11-17(18,3)4/h6-7,9-11,15H,5,8H2,1-4H3,(H,19,20). The Labute approximate surface area is 120 Å². The van der Waals surface area contributed by atoms with E-state index in [2.05, 4.69) is 37.8 Å². The van der Waals surface area contributed by atoms with Gasteiger partial charge in [-0.05, 0) is 38.8 Å². The lowest BCUT2D eigenvalue weighted by Gasteiger charge is -2.46. The number of benzene rings is 1. The summed E-state index contributed by atoms with van der Waals surface area (Å²) in [7, 11) is 0. The average molecular weight is 273 g/mol. The first-order chi connectivity index (χ1) is 9.38. The molecule has 3 nitrogen and oxygen atoms in total. The zero-order valence-corrected chi connectivity index (χ0v) is 12.7. The van der Waals surface area contributed by atoms with Gasteiger partial charge < -0.3 is 10.0 Å². The number of carboxylic acids is 1. The number of fused-ring (bicyclic) bond motifs is 1. The highest BCUT2D eigenvalue weighted by Gasteiger charge is 2.38. The van der Waals surface area contributed by atoms with Gasteiger partial charge in [-0.3, -0.25) is 0 Å². The summed E-state index contributed by atoms with van der Waals surface area (Å²) in [4.78, 5) is 13.8. The highest BCUT2D eigenvalue weighted by molar-refractivity contribution is 5.86. The van der Waals surface area contributed by atoms with E-state index in [4.69, 9.17) is 0 Å². The molecule has 2 rings (SSSR count). The summed E-state index contributed by atoms with van der Waals surface area (Å²) in [6.07, 6.45) is 3.68. The minimum absolute atomic E-state index is 0.295. The molecule has 1 aliphatic rings. The molecule has 0 bridgehead atoms. The molecule has 1 unspecified atom stereocenters. The first kappa shape index (κ1) is 14.6. The van der Waals surface area contributed by atoms with Gasteiger partial charge in [0.05, 0.1) is 5.54 Å². The van der Waals surface area contributed by atoms with Crippen molar-refractivity contribution in [3.8, 4) is 0 Å². The van der Waals surface area contributed by atoms with E-state index >= 15 is 0 Å². The first-order valence-electron chi connectivity index (χ1n) is 7.19. The molecule has 0 amide bonds. The van der Waals surface area contributed by atoms with E-state index in [-0.39, 0.29) is 5.54 Å². The lowest BCUT2D eigenvalue weighted by molar-refractivity contribution is -0.139. The van der Waals surface area contributed by atoms with Gasteiger partial charge in [-0.1, -0.05) is 37.6 Å². The van der Waals surface area contributed by atoms with Crippen LogP contribution in [0.1, 0.15) is 46.1 Å². The highest BCUT2D eigenvalue weighted by atomic mass is 16.4. The number of carboxylic acid groups (broad SMARTS) is 1. The predicted molar refractivity (Wildman–Crippen MR) is 83.0 cm³/mol. The van der Waals surface area contributed by atoms with Crippen LogP contribution in [0.3, 0.4) is 0 Å². The molecule has 0 saturated heterocycles. The van der Waals surface area contributed by atoms with Gasteiger partial charge in [0.1, 0.15) is 6.04 Å². The molecule has 1 heterocycles. The maximum absolute atomic E-state index is 11.7. The van der Waals surface area contributed by atoms with Crippen LogP contribution < -0.4 is 4.90 Å². The van der Waals surface area contributed by atoms with Gasteiger partial charge in [0, 0.05) is 11.3 Å². The number of para-hydroxylation sites is 1. The van der Waals surface area contributed by atoms with Gasteiger partial charge in [0.2, 0.25) is 0 Å². The molecule has 1 N–H and O–H groups in total. The van der Waals surface area contributed by atoms with E-state index in [1.807, 2.05) is 25.1 Å². The van der Waals surface area contributed by atoms with E-state index in [0.717, 1.165) is 17.7 Å². The minimum atomic E-state index is -0.748. The van der Waals surface area contributed by atoms with E-state index in [1.54, 1.807) is 0 Å². The van der Waals surface area contributed by atoms with E-state index in [0.29, 0.717) is 6.42 Å². The summed E-state index contributed by atoms with van der Waals surface area (Å²) < 4.78 is 0. The Bertz CT molecular complexity index is 546. The average Bonchev–Trinajstić information content (AvgIpc) is 2.36. The topological polar surface area (TPSA) is 40.5 Å². The molecule has 108 valence electrons. The van der Waals surface area contributed by atoms with Gasteiger partial charge in [-0.15, -0.1) is 0 Å². The monoisotopic (exact) mass is 273 g/mol. The second kappa shape index (κ2) is 5.31. The summed E-state index contributed by atoms with van der Waals surface area (Å²) in [5.41, 5.74) is 3.08. The number of rotatable bonds is 4. The van der Waals surface area contributed by atoms with Gasteiger partial charge >= 0.3 is 5.97 Å². The maximum Gasteiger partial charge on any atom is 0.326 e. The smallest absolute Gasteiger partial charge is 0.326 e. The molecule has 20 heavy (non-hydrogen) atoms. The highest BCUT2D eigenvalue weighted by Crippen LogP contribution is 2.40. The van der Waals surface area contributed by atoms with Crippen molar-refractivity contribution in [3.05, 3.63) is 35.9 Å². The summed E-state index contributed by atoms with van der Waals surface area (Å²) in [6, 6.07) is 7.58. The molecule has 1 aromatic carbocycles. The molecule has 0 fully saturated rings. The third kappa shape index (κ3) is 2.45. The van der Waals surface area contributed by atoms with Crippen LogP contribution in [0.15, 0.2) is 30.3 Å². The van der Waals surface area contributed by atoms with Crippen molar-refractivity contribution in [2.75, 3.05) is 4.90 Å². The van der Waals surface area contributed by atoms with Crippen molar-refractivity contribution in [2.45, 2.75) is 52.1 Å². The lowest BCUT2D eigenvalue weighted by atomic mass is 9.86. The number of carbonyl (C=O) groups is 1. The number of hydrogen-bond donors (Lipinski definition) is 1. The normalized spacial score (nSPS) is 18.2. The molecule has 1 atom stereocenters. The molecule has 0 radical (unpaired) electrons. The van der Waals surface area contributed by atoms with Gasteiger partial charge in [-0.25, -0.2) is 4.79 Å². The SMILES string of the molecule is CCCC(C(=O)O)N1c2ccccc2C(C)=CC1(C)C. The summed E-state index contributed by atoms with van der Waals surface area (Å²) in [6.45, 7) is 8.28. The van der Waals surface area contributed by atoms with Gasteiger partial charge in [0.25, 0.3) is 0 Å². The molecule has 1 aliphatic heterocycles. The third-order valence-electron chi connectivity index (χ3n) is 3.94. The van der Waals surface area contributed by atoms with Crippen molar-refractivity contribution >= 4 is 17.2 Å². The van der Waals surface area contributed by atoms with Crippen molar-refractivity contribution in [1.82, 2.24) is 0 Å². The van der Waals surface area contributed by atoms with Crippen LogP contribution in [-0.4, -0.2) is 22.7 Å². The van der Waals surface area contributed by atoms with Crippen molar-refractivity contribution in [2.24, 2.45) is 0 Å². The Balaban J connectivity index is 2.57. The number of allylic oxidation sites excluding steroid dienone is 1. The van der Waals surface area contributed by atoms with Gasteiger partial charge in [0.15, 0.2) is 0 Å². The quantitative estimate of drug-likeness (QED) is 0.903. The molecule has 0 aromatic heterocycles. The number of nitrogens with zero attached hydrogens (tertiary/aromatic N) is 1.